The predicted molar refractivity (Wildman–Crippen MR) is 79.9 cm³/mol. The van der Waals surface area contributed by atoms with Gasteiger partial charge in [-0.1, -0.05) is 12.1 Å². The third kappa shape index (κ3) is 4.56. The molecule has 3 nitrogen and oxygen atoms in total. The summed E-state index contributed by atoms with van der Waals surface area (Å²) >= 11 is 0. The lowest BCUT2D eigenvalue weighted by atomic mass is 10.0. The number of hydrogen-bond acceptors (Lipinski definition) is 3. The Labute approximate surface area is 132 Å². The van der Waals surface area contributed by atoms with E-state index in [-0.39, 0.29) is 5.56 Å². The second-order valence-electron chi connectivity index (χ2n) is 5.32. The molecule has 2 aromatic carbocycles. The van der Waals surface area contributed by atoms with Crippen molar-refractivity contribution in [2.75, 3.05) is 5.75 Å². The summed E-state index contributed by atoms with van der Waals surface area (Å²) in [6.45, 7) is 1.56. The van der Waals surface area contributed by atoms with Crippen LogP contribution in [0.2, 0.25) is 0 Å². The van der Waals surface area contributed by atoms with E-state index in [1.54, 1.807) is 6.92 Å². The fourth-order valence-electron chi connectivity index (χ4n) is 2.29. The van der Waals surface area contributed by atoms with Crippen molar-refractivity contribution in [3.63, 3.8) is 0 Å². The Morgan fingerprint density at radius 3 is 2.35 bits per heavy atom. The van der Waals surface area contributed by atoms with Crippen LogP contribution in [-0.2, 0) is 15.6 Å². The van der Waals surface area contributed by atoms with Gasteiger partial charge in [-0.05, 0) is 47.9 Å². The first-order valence-corrected chi connectivity index (χ1v) is 8.58. The van der Waals surface area contributed by atoms with Gasteiger partial charge in [0.1, 0.15) is 5.82 Å². The van der Waals surface area contributed by atoms with Crippen LogP contribution < -0.4 is 0 Å². The summed E-state index contributed by atoms with van der Waals surface area (Å²) in [4.78, 5) is 0. The topological polar surface area (TPSA) is 54.4 Å². The van der Waals surface area contributed by atoms with Crippen molar-refractivity contribution in [2.24, 2.45) is 0 Å². The fourth-order valence-corrected chi connectivity index (χ4v) is 3.75. The average Bonchev–Trinajstić information content (AvgIpc) is 2.41. The highest BCUT2D eigenvalue weighted by molar-refractivity contribution is 7.90. The van der Waals surface area contributed by atoms with Crippen LogP contribution in [-0.4, -0.2) is 19.3 Å². The number of aliphatic hydroxyl groups is 1. The Hall–Kier alpha value is -1.86. The molecule has 124 valence electrons. The Morgan fingerprint density at radius 2 is 1.74 bits per heavy atom. The van der Waals surface area contributed by atoms with Crippen molar-refractivity contribution in [1.29, 1.82) is 0 Å². The maximum absolute atomic E-state index is 13.1. The van der Waals surface area contributed by atoms with E-state index in [0.29, 0.717) is 11.1 Å². The van der Waals surface area contributed by atoms with Crippen molar-refractivity contribution in [2.45, 2.75) is 18.8 Å². The zero-order valence-electron chi connectivity index (χ0n) is 12.3. The second-order valence-corrected chi connectivity index (χ2v) is 7.43. The first kappa shape index (κ1) is 17.5. The Bertz CT molecular complexity index is 819. The SMILES string of the molecule is Cc1cc(F)ccc1C(O)CS(=O)(=O)Cc1ccc(F)c(F)c1. The van der Waals surface area contributed by atoms with Gasteiger partial charge >= 0.3 is 0 Å². The normalized spacial score (nSPS) is 13.1. The lowest BCUT2D eigenvalue weighted by Gasteiger charge is -2.14. The maximum atomic E-state index is 13.1. The number of sulfone groups is 1. The maximum Gasteiger partial charge on any atom is 0.159 e. The largest absolute Gasteiger partial charge is 0.387 e. The van der Waals surface area contributed by atoms with Gasteiger partial charge in [0.25, 0.3) is 0 Å². The first-order valence-electron chi connectivity index (χ1n) is 6.76. The second kappa shape index (κ2) is 6.72. The van der Waals surface area contributed by atoms with Gasteiger partial charge < -0.3 is 5.11 Å². The fraction of sp³-hybridized carbons (Fsp3) is 0.250. The van der Waals surface area contributed by atoms with E-state index in [2.05, 4.69) is 0 Å². The third-order valence-electron chi connectivity index (χ3n) is 3.37. The third-order valence-corrected chi connectivity index (χ3v) is 4.97. The van der Waals surface area contributed by atoms with Crippen LogP contribution >= 0.6 is 0 Å². The molecule has 0 fully saturated rings. The molecule has 0 spiro atoms. The molecule has 0 aliphatic heterocycles. The number of aryl methyl sites for hydroxylation is 1. The molecule has 0 aliphatic rings. The molecular formula is C16H15F3O3S. The number of halogens is 3. The number of rotatable bonds is 5. The molecule has 23 heavy (non-hydrogen) atoms. The van der Waals surface area contributed by atoms with Crippen LogP contribution in [0.3, 0.4) is 0 Å². The van der Waals surface area contributed by atoms with E-state index in [4.69, 9.17) is 0 Å². The molecular weight excluding hydrogens is 329 g/mol. The summed E-state index contributed by atoms with van der Waals surface area (Å²) in [5.74, 6) is -3.80. The molecule has 2 aromatic rings. The monoisotopic (exact) mass is 344 g/mol. The standard InChI is InChI=1S/C16H15F3O3S/c1-10-6-12(17)3-4-13(10)16(20)9-23(21,22)8-11-2-5-14(18)15(19)7-11/h2-7,16,20H,8-9H2,1H3. The van der Waals surface area contributed by atoms with Crippen LogP contribution in [0.4, 0.5) is 13.2 Å². The van der Waals surface area contributed by atoms with Crippen LogP contribution in [0.15, 0.2) is 36.4 Å². The van der Waals surface area contributed by atoms with Gasteiger partial charge in [0.2, 0.25) is 0 Å². The summed E-state index contributed by atoms with van der Waals surface area (Å²) < 4.78 is 63.2. The summed E-state index contributed by atoms with van der Waals surface area (Å²) in [6.07, 6.45) is -1.33. The van der Waals surface area contributed by atoms with Crippen LogP contribution in [0, 0.1) is 24.4 Å². The highest BCUT2D eigenvalue weighted by atomic mass is 32.2. The molecule has 0 radical (unpaired) electrons. The Balaban J connectivity index is 2.15. The highest BCUT2D eigenvalue weighted by Gasteiger charge is 2.21. The molecule has 0 saturated carbocycles. The average molecular weight is 344 g/mol. The summed E-state index contributed by atoms with van der Waals surface area (Å²) in [5, 5.41) is 10.1. The van der Waals surface area contributed by atoms with Gasteiger partial charge in [-0.15, -0.1) is 0 Å². The molecule has 0 aliphatic carbocycles. The van der Waals surface area contributed by atoms with Gasteiger partial charge in [0.05, 0.1) is 17.6 Å². The van der Waals surface area contributed by atoms with E-state index in [0.717, 1.165) is 18.2 Å². The van der Waals surface area contributed by atoms with Crippen molar-refractivity contribution in [3.05, 3.63) is 70.5 Å². The van der Waals surface area contributed by atoms with Crippen molar-refractivity contribution < 1.29 is 26.7 Å². The molecule has 0 amide bonds. The zero-order valence-corrected chi connectivity index (χ0v) is 13.1. The molecule has 2 rings (SSSR count). The molecule has 0 heterocycles. The smallest absolute Gasteiger partial charge is 0.159 e. The summed E-state index contributed by atoms with van der Waals surface area (Å²) in [7, 11) is -3.77. The molecule has 0 aromatic heterocycles. The number of benzene rings is 2. The van der Waals surface area contributed by atoms with Gasteiger partial charge in [-0.2, -0.15) is 0 Å². The van der Waals surface area contributed by atoms with Crippen LogP contribution in [0.25, 0.3) is 0 Å². The lowest BCUT2D eigenvalue weighted by Crippen LogP contribution is -2.17. The van der Waals surface area contributed by atoms with E-state index in [1.165, 1.54) is 18.2 Å². The van der Waals surface area contributed by atoms with Crippen molar-refractivity contribution >= 4 is 9.84 Å². The molecule has 1 atom stereocenters. The van der Waals surface area contributed by atoms with Crippen LogP contribution in [0.5, 0.6) is 0 Å². The van der Waals surface area contributed by atoms with E-state index >= 15 is 0 Å². The van der Waals surface area contributed by atoms with Gasteiger partial charge in [0, 0.05) is 0 Å². The Morgan fingerprint density at radius 1 is 1.04 bits per heavy atom. The van der Waals surface area contributed by atoms with E-state index in [1.807, 2.05) is 0 Å². The quantitative estimate of drug-likeness (QED) is 0.907. The van der Waals surface area contributed by atoms with E-state index in [9.17, 15) is 26.7 Å². The highest BCUT2D eigenvalue weighted by Crippen LogP contribution is 2.22. The van der Waals surface area contributed by atoms with Crippen molar-refractivity contribution in [3.8, 4) is 0 Å². The number of hydrogen-bond donors (Lipinski definition) is 1. The molecule has 7 heteroatoms. The molecule has 1 N–H and O–H groups in total. The van der Waals surface area contributed by atoms with Crippen molar-refractivity contribution in [1.82, 2.24) is 0 Å². The Kier molecular flexibility index (Phi) is 5.11. The van der Waals surface area contributed by atoms with E-state index < -0.39 is 44.9 Å². The molecule has 1 unspecified atom stereocenters. The van der Waals surface area contributed by atoms with Gasteiger partial charge in [0.15, 0.2) is 21.5 Å². The minimum absolute atomic E-state index is 0.0897. The first-order chi connectivity index (χ1) is 10.7. The minimum atomic E-state index is -3.77. The molecule has 0 saturated heterocycles. The number of aliphatic hydroxyl groups excluding tert-OH is 1. The van der Waals surface area contributed by atoms with Crippen LogP contribution in [0.1, 0.15) is 22.8 Å². The lowest BCUT2D eigenvalue weighted by molar-refractivity contribution is 0.201. The predicted octanol–water partition coefficient (Wildman–Crippen LogP) is 3.06. The minimum Gasteiger partial charge on any atom is -0.387 e. The summed E-state index contributed by atoms with van der Waals surface area (Å²) in [6, 6.07) is 6.48. The molecule has 0 bridgehead atoms. The van der Waals surface area contributed by atoms with Gasteiger partial charge in [-0.25, -0.2) is 21.6 Å². The van der Waals surface area contributed by atoms with Gasteiger partial charge in [-0.3, -0.25) is 0 Å². The summed E-state index contributed by atoms with van der Waals surface area (Å²) in [5.41, 5.74) is 0.827. The zero-order chi connectivity index (χ0) is 17.2.